The fourth-order valence-electron chi connectivity index (χ4n) is 2.02. The second-order valence-corrected chi connectivity index (χ2v) is 5.52. The summed E-state index contributed by atoms with van der Waals surface area (Å²) in [4.78, 5) is 9.04. The average Bonchev–Trinajstić information content (AvgIpc) is 2.41. The minimum Gasteiger partial charge on any atom is -0.379 e. The minimum atomic E-state index is 0. The molecule has 2 heterocycles. The number of ether oxygens (including phenoxy) is 1. The van der Waals surface area contributed by atoms with Gasteiger partial charge in [0.2, 0.25) is 0 Å². The van der Waals surface area contributed by atoms with Crippen LogP contribution >= 0.6 is 35.7 Å². The number of hydrogen-bond acceptors (Lipinski definition) is 4. The van der Waals surface area contributed by atoms with Crippen molar-refractivity contribution in [3.8, 4) is 0 Å². The Hall–Kier alpha value is 0.270. The first-order valence-electron chi connectivity index (χ1n) is 6.29. The highest BCUT2D eigenvalue weighted by Crippen LogP contribution is 2.08. The Balaban J connectivity index is 0.00000162. The fraction of sp³-hybridized carbons (Fsp3) is 0.909. The van der Waals surface area contributed by atoms with E-state index in [9.17, 15) is 0 Å². The molecule has 0 unspecified atom stereocenters. The number of morpholine rings is 1. The van der Waals surface area contributed by atoms with E-state index in [1.165, 1.54) is 11.5 Å². The monoisotopic (exact) mass is 386 g/mol. The maximum absolute atomic E-state index is 5.99. The van der Waals surface area contributed by atoms with Crippen LogP contribution in [0.2, 0.25) is 0 Å². The fourth-order valence-corrected chi connectivity index (χ4v) is 2.93. The zero-order chi connectivity index (χ0) is 11.9. The summed E-state index contributed by atoms with van der Waals surface area (Å²) in [5.41, 5.74) is 5.99. The molecular weight excluding hydrogens is 363 g/mol. The molecule has 2 saturated heterocycles. The number of nitrogens with zero attached hydrogens (tertiary/aromatic N) is 3. The highest BCUT2D eigenvalue weighted by Gasteiger charge is 2.12. The molecule has 0 aliphatic carbocycles. The third-order valence-corrected chi connectivity index (χ3v) is 4.07. The number of thioether (sulfide) groups is 1. The Morgan fingerprint density at radius 3 is 2.50 bits per heavy atom. The van der Waals surface area contributed by atoms with Gasteiger partial charge in [0, 0.05) is 44.2 Å². The first-order valence-corrected chi connectivity index (χ1v) is 7.44. The Bertz CT molecular complexity index is 255. The Kier molecular flexibility index (Phi) is 8.36. The van der Waals surface area contributed by atoms with E-state index >= 15 is 0 Å². The van der Waals surface area contributed by atoms with Gasteiger partial charge in [-0.2, -0.15) is 11.8 Å². The van der Waals surface area contributed by atoms with Crippen LogP contribution in [0.5, 0.6) is 0 Å². The summed E-state index contributed by atoms with van der Waals surface area (Å²) in [5, 5.41) is 0. The maximum Gasteiger partial charge on any atom is 0.191 e. The number of guanidine groups is 1. The van der Waals surface area contributed by atoms with Crippen molar-refractivity contribution in [2.24, 2.45) is 10.7 Å². The Morgan fingerprint density at radius 2 is 1.83 bits per heavy atom. The van der Waals surface area contributed by atoms with E-state index in [0.29, 0.717) is 0 Å². The SMILES string of the molecule is I.NC(=NCCN1CCOCC1)N1CCSCC1. The van der Waals surface area contributed by atoms with Crippen molar-refractivity contribution < 1.29 is 4.74 Å². The number of rotatable bonds is 3. The van der Waals surface area contributed by atoms with Gasteiger partial charge in [-0.1, -0.05) is 0 Å². The van der Waals surface area contributed by atoms with Gasteiger partial charge in [0.05, 0.1) is 19.8 Å². The molecule has 0 spiro atoms. The quantitative estimate of drug-likeness (QED) is 0.430. The number of aliphatic imine (C=N–C) groups is 1. The first-order chi connectivity index (χ1) is 8.36. The number of halogens is 1. The lowest BCUT2D eigenvalue weighted by molar-refractivity contribution is 0.0394. The third-order valence-electron chi connectivity index (χ3n) is 3.13. The molecule has 0 amide bonds. The van der Waals surface area contributed by atoms with E-state index < -0.39 is 0 Å². The zero-order valence-corrected chi connectivity index (χ0v) is 13.9. The summed E-state index contributed by atoms with van der Waals surface area (Å²) in [7, 11) is 0. The summed E-state index contributed by atoms with van der Waals surface area (Å²) in [6, 6.07) is 0. The molecule has 0 aromatic rings. The predicted molar refractivity (Wildman–Crippen MR) is 88.1 cm³/mol. The Labute approximate surface area is 131 Å². The molecule has 106 valence electrons. The van der Waals surface area contributed by atoms with Crippen LogP contribution in [0, 0.1) is 0 Å². The molecule has 7 heteroatoms. The summed E-state index contributed by atoms with van der Waals surface area (Å²) in [6.07, 6.45) is 0. The van der Waals surface area contributed by atoms with Crippen molar-refractivity contribution in [2.45, 2.75) is 0 Å². The maximum atomic E-state index is 5.99. The van der Waals surface area contributed by atoms with Crippen molar-refractivity contribution >= 4 is 41.7 Å². The Morgan fingerprint density at radius 1 is 1.17 bits per heavy atom. The van der Waals surface area contributed by atoms with Gasteiger partial charge in [0.25, 0.3) is 0 Å². The normalized spacial score (nSPS) is 22.7. The van der Waals surface area contributed by atoms with Crippen molar-refractivity contribution in [3.05, 3.63) is 0 Å². The zero-order valence-electron chi connectivity index (χ0n) is 10.7. The van der Waals surface area contributed by atoms with E-state index in [2.05, 4.69) is 14.8 Å². The average molecular weight is 386 g/mol. The third kappa shape index (κ3) is 5.50. The highest BCUT2D eigenvalue weighted by molar-refractivity contribution is 14.0. The molecule has 5 nitrogen and oxygen atoms in total. The van der Waals surface area contributed by atoms with Crippen LogP contribution in [0.15, 0.2) is 4.99 Å². The lowest BCUT2D eigenvalue weighted by Crippen LogP contribution is -2.43. The van der Waals surface area contributed by atoms with Crippen LogP contribution in [-0.4, -0.2) is 79.7 Å². The standard InChI is InChI=1S/C11H22N4OS.HI/c12-11(15-5-9-17-10-6-15)13-1-2-14-3-7-16-8-4-14;/h1-10H2,(H2,12,13);1H. The van der Waals surface area contributed by atoms with Gasteiger partial charge in [0.15, 0.2) is 5.96 Å². The van der Waals surface area contributed by atoms with Gasteiger partial charge in [-0.15, -0.1) is 24.0 Å². The summed E-state index contributed by atoms with van der Waals surface area (Å²) < 4.78 is 5.31. The molecule has 2 rings (SSSR count). The van der Waals surface area contributed by atoms with E-state index in [1.807, 2.05) is 11.8 Å². The van der Waals surface area contributed by atoms with Crippen LogP contribution < -0.4 is 5.73 Å². The van der Waals surface area contributed by atoms with Crippen LogP contribution in [0.25, 0.3) is 0 Å². The molecule has 0 atom stereocenters. The molecule has 0 saturated carbocycles. The van der Waals surface area contributed by atoms with Crippen LogP contribution in [0.3, 0.4) is 0 Å². The highest BCUT2D eigenvalue weighted by atomic mass is 127. The van der Waals surface area contributed by atoms with Crippen molar-refractivity contribution in [3.63, 3.8) is 0 Å². The molecule has 2 N–H and O–H groups in total. The van der Waals surface area contributed by atoms with E-state index in [0.717, 1.165) is 58.4 Å². The number of hydrogen-bond donors (Lipinski definition) is 1. The van der Waals surface area contributed by atoms with Crippen LogP contribution in [0.1, 0.15) is 0 Å². The smallest absolute Gasteiger partial charge is 0.191 e. The molecule has 2 aliphatic rings. The first kappa shape index (κ1) is 16.3. The second kappa shape index (κ2) is 9.22. The van der Waals surface area contributed by atoms with Crippen molar-refractivity contribution in [2.75, 3.05) is 64.0 Å². The van der Waals surface area contributed by atoms with Gasteiger partial charge in [0.1, 0.15) is 0 Å². The van der Waals surface area contributed by atoms with Crippen molar-refractivity contribution in [1.29, 1.82) is 0 Å². The van der Waals surface area contributed by atoms with Gasteiger partial charge >= 0.3 is 0 Å². The predicted octanol–water partition coefficient (Wildman–Crippen LogP) is 0.300. The topological polar surface area (TPSA) is 54.1 Å². The lowest BCUT2D eigenvalue weighted by Gasteiger charge is -2.28. The van der Waals surface area contributed by atoms with Crippen LogP contribution in [-0.2, 0) is 4.74 Å². The van der Waals surface area contributed by atoms with Gasteiger partial charge in [-0.05, 0) is 0 Å². The number of nitrogens with two attached hydrogens (primary N) is 1. The molecule has 0 aromatic carbocycles. The van der Waals surface area contributed by atoms with Gasteiger partial charge in [-0.3, -0.25) is 9.89 Å². The summed E-state index contributed by atoms with van der Waals surface area (Å²) in [6.45, 7) is 7.62. The second-order valence-electron chi connectivity index (χ2n) is 4.29. The van der Waals surface area contributed by atoms with Crippen molar-refractivity contribution in [1.82, 2.24) is 9.80 Å². The molecule has 0 bridgehead atoms. The molecule has 0 aromatic heterocycles. The lowest BCUT2D eigenvalue weighted by atomic mass is 10.4. The van der Waals surface area contributed by atoms with Gasteiger partial charge in [-0.25, -0.2) is 0 Å². The van der Waals surface area contributed by atoms with Gasteiger partial charge < -0.3 is 15.4 Å². The summed E-state index contributed by atoms with van der Waals surface area (Å²) >= 11 is 1.99. The summed E-state index contributed by atoms with van der Waals surface area (Å²) in [5.74, 6) is 3.05. The van der Waals surface area contributed by atoms with E-state index in [1.54, 1.807) is 0 Å². The van der Waals surface area contributed by atoms with E-state index in [-0.39, 0.29) is 24.0 Å². The largest absolute Gasteiger partial charge is 0.379 e. The molecule has 2 fully saturated rings. The molecule has 18 heavy (non-hydrogen) atoms. The molecule has 0 radical (unpaired) electrons. The van der Waals surface area contributed by atoms with Crippen LogP contribution in [0.4, 0.5) is 0 Å². The van der Waals surface area contributed by atoms with E-state index in [4.69, 9.17) is 10.5 Å². The molecule has 2 aliphatic heterocycles. The molecular formula is C11H23IN4OS. The minimum absolute atomic E-state index is 0.